The molecule has 1 amide bonds. The molecule has 0 spiro atoms. The molecule has 2 heterocycles. The van der Waals surface area contributed by atoms with E-state index in [1.54, 1.807) is 6.20 Å². The van der Waals surface area contributed by atoms with Gasteiger partial charge in [-0.1, -0.05) is 13.3 Å². The van der Waals surface area contributed by atoms with E-state index in [1.165, 1.54) is 0 Å². The number of rotatable bonds is 3. The Morgan fingerprint density at radius 3 is 3.19 bits per heavy atom. The van der Waals surface area contributed by atoms with Gasteiger partial charge in [-0.05, 0) is 25.8 Å². The van der Waals surface area contributed by atoms with Crippen LogP contribution >= 0.6 is 0 Å². The SMILES string of the molecule is CCc1cn[nH]c1NC(=O)[C@@H]1CCCCN1. The molecule has 1 atom stereocenters. The number of piperidine rings is 1. The van der Waals surface area contributed by atoms with Gasteiger partial charge in [0.15, 0.2) is 0 Å². The molecule has 2 rings (SSSR count). The first-order chi connectivity index (χ1) is 7.81. The van der Waals surface area contributed by atoms with Crippen LogP contribution in [0.2, 0.25) is 0 Å². The van der Waals surface area contributed by atoms with E-state index in [2.05, 4.69) is 20.8 Å². The second-order valence-electron chi connectivity index (χ2n) is 4.12. The normalized spacial score (nSPS) is 20.7. The summed E-state index contributed by atoms with van der Waals surface area (Å²) < 4.78 is 0. The van der Waals surface area contributed by atoms with Crippen LogP contribution in [0.25, 0.3) is 0 Å². The Kier molecular flexibility index (Phi) is 3.56. The number of nitrogens with one attached hydrogen (secondary N) is 3. The first-order valence-corrected chi connectivity index (χ1v) is 5.87. The Morgan fingerprint density at radius 1 is 1.62 bits per heavy atom. The first-order valence-electron chi connectivity index (χ1n) is 5.87. The second kappa shape index (κ2) is 5.12. The molecular formula is C11H18N4O. The van der Waals surface area contributed by atoms with Crippen LogP contribution in [-0.4, -0.2) is 28.7 Å². The molecule has 5 nitrogen and oxygen atoms in total. The monoisotopic (exact) mass is 222 g/mol. The Labute approximate surface area is 95.0 Å². The van der Waals surface area contributed by atoms with Crippen LogP contribution in [0.1, 0.15) is 31.7 Å². The van der Waals surface area contributed by atoms with Gasteiger partial charge in [0, 0.05) is 5.56 Å². The van der Waals surface area contributed by atoms with E-state index in [4.69, 9.17) is 0 Å². The van der Waals surface area contributed by atoms with E-state index >= 15 is 0 Å². The topological polar surface area (TPSA) is 69.8 Å². The molecule has 3 N–H and O–H groups in total. The average Bonchev–Trinajstić information content (AvgIpc) is 2.77. The summed E-state index contributed by atoms with van der Waals surface area (Å²) in [5.74, 6) is 0.776. The summed E-state index contributed by atoms with van der Waals surface area (Å²) in [6, 6.07) is -0.0539. The minimum Gasteiger partial charge on any atom is -0.309 e. The van der Waals surface area contributed by atoms with Gasteiger partial charge in [0.2, 0.25) is 5.91 Å². The van der Waals surface area contributed by atoms with Gasteiger partial charge >= 0.3 is 0 Å². The highest BCUT2D eigenvalue weighted by Gasteiger charge is 2.21. The zero-order valence-electron chi connectivity index (χ0n) is 9.55. The van der Waals surface area contributed by atoms with Gasteiger partial charge in [-0.15, -0.1) is 0 Å². The van der Waals surface area contributed by atoms with E-state index in [1.807, 2.05) is 6.92 Å². The Hall–Kier alpha value is -1.36. The van der Waals surface area contributed by atoms with Crippen molar-refractivity contribution in [3.05, 3.63) is 11.8 Å². The van der Waals surface area contributed by atoms with Gasteiger partial charge in [0.05, 0.1) is 12.2 Å². The maximum absolute atomic E-state index is 11.9. The molecule has 1 aromatic heterocycles. The molecule has 1 saturated heterocycles. The molecule has 1 aliphatic heterocycles. The number of anilines is 1. The third-order valence-electron chi connectivity index (χ3n) is 2.97. The summed E-state index contributed by atoms with van der Waals surface area (Å²) >= 11 is 0. The maximum atomic E-state index is 11.9. The van der Waals surface area contributed by atoms with Crippen LogP contribution in [0, 0.1) is 0 Å². The zero-order valence-corrected chi connectivity index (χ0v) is 9.55. The van der Waals surface area contributed by atoms with Crippen LogP contribution in [0.5, 0.6) is 0 Å². The third kappa shape index (κ3) is 2.41. The summed E-state index contributed by atoms with van der Waals surface area (Å²) in [6.07, 6.45) is 5.82. The number of carbonyl (C=O) groups is 1. The van der Waals surface area contributed by atoms with Crippen molar-refractivity contribution in [3.63, 3.8) is 0 Å². The van der Waals surface area contributed by atoms with Crippen LogP contribution in [0.3, 0.4) is 0 Å². The molecule has 1 fully saturated rings. The van der Waals surface area contributed by atoms with Crippen molar-refractivity contribution in [2.24, 2.45) is 0 Å². The number of carbonyl (C=O) groups excluding carboxylic acids is 1. The van der Waals surface area contributed by atoms with Crippen LogP contribution in [0.15, 0.2) is 6.20 Å². The summed E-state index contributed by atoms with van der Waals surface area (Å²) in [5.41, 5.74) is 1.05. The number of aromatic nitrogens is 2. The number of nitrogens with zero attached hydrogens (tertiary/aromatic N) is 1. The van der Waals surface area contributed by atoms with Crippen molar-refractivity contribution in [2.75, 3.05) is 11.9 Å². The number of amides is 1. The van der Waals surface area contributed by atoms with Crippen LogP contribution in [0.4, 0.5) is 5.82 Å². The fraction of sp³-hybridized carbons (Fsp3) is 0.636. The van der Waals surface area contributed by atoms with Crippen molar-refractivity contribution in [3.8, 4) is 0 Å². The maximum Gasteiger partial charge on any atom is 0.242 e. The van der Waals surface area contributed by atoms with Gasteiger partial charge in [0.1, 0.15) is 5.82 Å². The number of aromatic amines is 1. The molecular weight excluding hydrogens is 204 g/mol. The lowest BCUT2D eigenvalue weighted by Crippen LogP contribution is -2.43. The molecule has 0 radical (unpaired) electrons. The Bertz CT molecular complexity index is 355. The van der Waals surface area contributed by atoms with Crippen molar-refractivity contribution >= 4 is 11.7 Å². The molecule has 16 heavy (non-hydrogen) atoms. The Morgan fingerprint density at radius 2 is 2.50 bits per heavy atom. The number of hydrogen-bond acceptors (Lipinski definition) is 3. The van der Waals surface area contributed by atoms with E-state index in [0.29, 0.717) is 0 Å². The molecule has 0 bridgehead atoms. The molecule has 1 aliphatic rings. The van der Waals surface area contributed by atoms with Gasteiger partial charge in [0.25, 0.3) is 0 Å². The molecule has 88 valence electrons. The predicted molar refractivity (Wildman–Crippen MR) is 62.2 cm³/mol. The van der Waals surface area contributed by atoms with E-state index in [0.717, 1.165) is 43.6 Å². The second-order valence-corrected chi connectivity index (χ2v) is 4.12. The lowest BCUT2D eigenvalue weighted by atomic mass is 10.0. The fourth-order valence-corrected chi connectivity index (χ4v) is 1.97. The zero-order chi connectivity index (χ0) is 11.4. The van der Waals surface area contributed by atoms with E-state index in [9.17, 15) is 4.79 Å². The first kappa shape index (κ1) is 11.1. The number of H-pyrrole nitrogens is 1. The fourth-order valence-electron chi connectivity index (χ4n) is 1.97. The van der Waals surface area contributed by atoms with Gasteiger partial charge in [-0.25, -0.2) is 0 Å². The van der Waals surface area contributed by atoms with Crippen LogP contribution in [-0.2, 0) is 11.2 Å². The minimum atomic E-state index is -0.0539. The number of hydrogen-bond donors (Lipinski definition) is 3. The van der Waals surface area contributed by atoms with Crippen molar-refractivity contribution < 1.29 is 4.79 Å². The predicted octanol–water partition coefficient (Wildman–Crippen LogP) is 1.05. The lowest BCUT2D eigenvalue weighted by molar-refractivity contribution is -0.118. The average molecular weight is 222 g/mol. The van der Waals surface area contributed by atoms with Crippen molar-refractivity contribution in [1.29, 1.82) is 0 Å². The van der Waals surface area contributed by atoms with E-state index < -0.39 is 0 Å². The van der Waals surface area contributed by atoms with Gasteiger partial charge < -0.3 is 10.6 Å². The quantitative estimate of drug-likeness (QED) is 0.716. The highest BCUT2D eigenvalue weighted by atomic mass is 16.2. The van der Waals surface area contributed by atoms with E-state index in [-0.39, 0.29) is 11.9 Å². The molecule has 0 aromatic carbocycles. The summed E-state index contributed by atoms with van der Waals surface area (Å²) in [5, 5.41) is 12.9. The Balaban J connectivity index is 1.95. The molecule has 5 heteroatoms. The van der Waals surface area contributed by atoms with Gasteiger partial charge in [-0.2, -0.15) is 5.10 Å². The summed E-state index contributed by atoms with van der Waals surface area (Å²) in [6.45, 7) is 2.97. The number of aryl methyl sites for hydroxylation is 1. The standard InChI is InChI=1S/C11H18N4O/c1-2-8-7-13-15-10(8)14-11(16)9-5-3-4-6-12-9/h7,9,12H,2-6H2,1H3,(H2,13,14,15,16)/t9-/m0/s1. The largest absolute Gasteiger partial charge is 0.309 e. The van der Waals surface area contributed by atoms with Crippen LogP contribution < -0.4 is 10.6 Å². The highest BCUT2D eigenvalue weighted by molar-refractivity contribution is 5.94. The lowest BCUT2D eigenvalue weighted by Gasteiger charge is -2.22. The molecule has 0 aliphatic carbocycles. The smallest absolute Gasteiger partial charge is 0.242 e. The molecule has 0 unspecified atom stereocenters. The van der Waals surface area contributed by atoms with Crippen molar-refractivity contribution in [1.82, 2.24) is 15.5 Å². The summed E-state index contributed by atoms with van der Waals surface area (Å²) in [4.78, 5) is 11.9. The summed E-state index contributed by atoms with van der Waals surface area (Å²) in [7, 11) is 0. The third-order valence-corrected chi connectivity index (χ3v) is 2.97. The molecule has 1 aromatic rings. The molecule has 0 saturated carbocycles. The highest BCUT2D eigenvalue weighted by Crippen LogP contribution is 2.13. The minimum absolute atomic E-state index is 0.0404. The van der Waals surface area contributed by atoms with Gasteiger partial charge in [-0.3, -0.25) is 9.89 Å². The van der Waals surface area contributed by atoms with Crippen molar-refractivity contribution in [2.45, 2.75) is 38.6 Å².